The highest BCUT2D eigenvalue weighted by molar-refractivity contribution is 6.97. The molecule has 0 amide bonds. The molecule has 124 valence electrons. The third-order valence-electron chi connectivity index (χ3n) is 5.31. The maximum atomic E-state index is 2.58. The summed E-state index contributed by atoms with van der Waals surface area (Å²) in [7, 11) is -1.64. The van der Waals surface area contributed by atoms with Gasteiger partial charge in [0.25, 0.3) is 0 Å². The maximum Gasteiger partial charge on any atom is 0.115 e. The summed E-state index contributed by atoms with van der Waals surface area (Å²) in [6.07, 6.45) is 9.77. The molecule has 0 aromatic heterocycles. The normalized spacial score (nSPS) is 16.4. The third kappa shape index (κ3) is 3.62. The van der Waals surface area contributed by atoms with Crippen LogP contribution in [-0.4, -0.2) is 8.07 Å². The number of rotatable bonds is 7. The van der Waals surface area contributed by atoms with Crippen molar-refractivity contribution in [1.29, 1.82) is 0 Å². The smallest absolute Gasteiger partial charge is 0.0808 e. The lowest BCUT2D eigenvalue weighted by molar-refractivity contribution is 0.870. The fourth-order valence-corrected chi connectivity index (χ4v) is 8.22. The summed E-state index contributed by atoms with van der Waals surface area (Å²) in [5, 5.41) is 3.27. The van der Waals surface area contributed by atoms with E-state index in [1.165, 1.54) is 24.4 Å². The number of unbranched alkanes of at least 4 members (excludes halogenated alkanes) is 1. The van der Waals surface area contributed by atoms with Crippen molar-refractivity contribution in [3.05, 3.63) is 89.1 Å². The van der Waals surface area contributed by atoms with Crippen LogP contribution in [0.2, 0.25) is 12.6 Å². The van der Waals surface area contributed by atoms with Gasteiger partial charge in [-0.2, -0.15) is 0 Å². The van der Waals surface area contributed by atoms with Gasteiger partial charge in [0.05, 0.1) is 0 Å². The lowest BCUT2D eigenvalue weighted by atomic mass is 10.1. The van der Waals surface area contributed by atoms with E-state index < -0.39 is 8.07 Å². The molecule has 2 aromatic carbocycles. The predicted molar refractivity (Wildman–Crippen MR) is 108 cm³/mol. The van der Waals surface area contributed by atoms with Crippen molar-refractivity contribution in [1.82, 2.24) is 0 Å². The molecule has 24 heavy (non-hydrogen) atoms. The SMILES string of the molecule is CCCC[Si](C)(C1=CCC=C1Cc1ccccc1)c1ccccc1. The number of hydrogen-bond donors (Lipinski definition) is 0. The molecule has 0 fully saturated rings. The molecule has 0 spiro atoms. The molecule has 0 saturated heterocycles. The quantitative estimate of drug-likeness (QED) is 0.561. The number of hydrogen-bond acceptors (Lipinski definition) is 0. The lowest BCUT2D eigenvalue weighted by Crippen LogP contribution is -2.47. The molecule has 1 aliphatic carbocycles. The van der Waals surface area contributed by atoms with E-state index in [-0.39, 0.29) is 0 Å². The molecule has 2 aromatic rings. The Morgan fingerprint density at radius 1 is 0.875 bits per heavy atom. The van der Waals surface area contributed by atoms with Crippen LogP contribution in [0, 0.1) is 0 Å². The topological polar surface area (TPSA) is 0 Å². The van der Waals surface area contributed by atoms with E-state index in [0.29, 0.717) is 0 Å². The van der Waals surface area contributed by atoms with Crippen LogP contribution in [0.15, 0.2) is 83.6 Å². The molecule has 0 radical (unpaired) electrons. The molecule has 0 nitrogen and oxygen atoms in total. The highest BCUT2D eigenvalue weighted by Crippen LogP contribution is 2.34. The van der Waals surface area contributed by atoms with Gasteiger partial charge in [-0.3, -0.25) is 0 Å². The minimum absolute atomic E-state index is 1.08. The maximum absolute atomic E-state index is 2.58. The Bertz CT molecular complexity index is 712. The Hall–Kier alpha value is -1.86. The molecule has 0 aliphatic heterocycles. The van der Waals surface area contributed by atoms with Crippen LogP contribution in [0.1, 0.15) is 31.7 Å². The van der Waals surface area contributed by atoms with Crippen molar-refractivity contribution in [2.24, 2.45) is 0 Å². The first-order valence-electron chi connectivity index (χ1n) is 9.23. The van der Waals surface area contributed by atoms with Crippen LogP contribution in [0.25, 0.3) is 0 Å². The summed E-state index contributed by atoms with van der Waals surface area (Å²) in [5.74, 6) is 0. The number of allylic oxidation sites excluding steroid dienone is 4. The van der Waals surface area contributed by atoms with E-state index >= 15 is 0 Å². The average molecular weight is 333 g/mol. The van der Waals surface area contributed by atoms with Crippen molar-refractivity contribution < 1.29 is 0 Å². The van der Waals surface area contributed by atoms with Crippen LogP contribution < -0.4 is 5.19 Å². The summed E-state index contributed by atoms with van der Waals surface area (Å²) in [5.41, 5.74) is 3.01. The van der Waals surface area contributed by atoms with Gasteiger partial charge in [0.15, 0.2) is 0 Å². The van der Waals surface area contributed by atoms with Crippen molar-refractivity contribution in [3.8, 4) is 0 Å². The number of benzene rings is 2. The van der Waals surface area contributed by atoms with Gasteiger partial charge in [0, 0.05) is 0 Å². The molecule has 3 rings (SSSR count). The zero-order valence-corrected chi connectivity index (χ0v) is 16.0. The van der Waals surface area contributed by atoms with Gasteiger partial charge in [-0.05, 0) is 30.0 Å². The van der Waals surface area contributed by atoms with Crippen LogP contribution in [0.3, 0.4) is 0 Å². The monoisotopic (exact) mass is 332 g/mol. The van der Waals surface area contributed by atoms with Crippen LogP contribution in [0.4, 0.5) is 0 Å². The Morgan fingerprint density at radius 2 is 1.54 bits per heavy atom. The first kappa shape index (κ1) is 17.0. The summed E-state index contributed by atoms with van der Waals surface area (Å²) < 4.78 is 0. The fraction of sp³-hybridized carbons (Fsp3) is 0.304. The van der Waals surface area contributed by atoms with Crippen LogP contribution in [-0.2, 0) is 6.42 Å². The summed E-state index contributed by atoms with van der Waals surface area (Å²) in [6.45, 7) is 4.89. The fourth-order valence-electron chi connectivity index (χ4n) is 3.89. The molecule has 0 N–H and O–H groups in total. The van der Waals surface area contributed by atoms with Gasteiger partial charge < -0.3 is 0 Å². The first-order valence-corrected chi connectivity index (χ1v) is 11.9. The van der Waals surface area contributed by atoms with E-state index in [0.717, 1.165) is 12.8 Å². The van der Waals surface area contributed by atoms with Crippen molar-refractivity contribution in [3.63, 3.8) is 0 Å². The minimum atomic E-state index is -1.64. The molecule has 1 heteroatoms. The molecule has 0 saturated carbocycles. The summed E-state index contributed by atoms with van der Waals surface area (Å²) >= 11 is 0. The van der Waals surface area contributed by atoms with Gasteiger partial charge in [-0.25, -0.2) is 0 Å². The third-order valence-corrected chi connectivity index (χ3v) is 9.98. The molecule has 1 atom stereocenters. The van der Waals surface area contributed by atoms with E-state index in [4.69, 9.17) is 0 Å². The van der Waals surface area contributed by atoms with Crippen molar-refractivity contribution in [2.75, 3.05) is 0 Å². The standard InChI is InChI=1S/C23H28Si/c1-3-4-18-24(2,22-15-9-6-10-16-22)23-17-11-14-21(23)19-20-12-7-5-8-13-20/h5-10,12-17H,3-4,11,18-19H2,1-2H3. The van der Waals surface area contributed by atoms with Gasteiger partial charge in [0.2, 0.25) is 0 Å². The second-order valence-electron chi connectivity index (χ2n) is 7.05. The summed E-state index contributed by atoms with van der Waals surface area (Å²) in [6, 6.07) is 23.6. The minimum Gasteiger partial charge on any atom is -0.0808 e. The van der Waals surface area contributed by atoms with Crippen molar-refractivity contribution in [2.45, 2.75) is 45.2 Å². The van der Waals surface area contributed by atoms with E-state index in [2.05, 4.69) is 86.3 Å². The first-order chi connectivity index (χ1) is 11.7. The van der Waals surface area contributed by atoms with Crippen molar-refractivity contribution >= 4 is 13.3 Å². The Kier molecular flexibility index (Phi) is 5.52. The molecular weight excluding hydrogens is 304 g/mol. The van der Waals surface area contributed by atoms with E-state index in [9.17, 15) is 0 Å². The molecular formula is C23H28Si. The highest BCUT2D eigenvalue weighted by atomic mass is 28.3. The lowest BCUT2D eigenvalue weighted by Gasteiger charge is -2.32. The molecule has 1 aliphatic rings. The molecule has 0 heterocycles. The Morgan fingerprint density at radius 3 is 2.21 bits per heavy atom. The second-order valence-corrected chi connectivity index (χ2v) is 11.3. The predicted octanol–water partition coefficient (Wildman–Crippen LogP) is 5.81. The molecule has 0 bridgehead atoms. The largest absolute Gasteiger partial charge is 0.115 e. The van der Waals surface area contributed by atoms with Crippen LogP contribution in [0.5, 0.6) is 0 Å². The van der Waals surface area contributed by atoms with Crippen LogP contribution >= 0.6 is 0 Å². The second kappa shape index (κ2) is 7.81. The van der Waals surface area contributed by atoms with Gasteiger partial charge in [-0.1, -0.05) is 110 Å². The van der Waals surface area contributed by atoms with E-state index in [1.54, 1.807) is 16.0 Å². The molecule has 1 unspecified atom stereocenters. The Balaban J connectivity index is 1.91. The highest BCUT2D eigenvalue weighted by Gasteiger charge is 2.35. The zero-order chi connectivity index (χ0) is 16.8. The average Bonchev–Trinajstić information content (AvgIpc) is 3.10. The van der Waals surface area contributed by atoms with E-state index in [1.807, 2.05) is 0 Å². The van der Waals surface area contributed by atoms with Gasteiger partial charge >= 0.3 is 0 Å². The van der Waals surface area contributed by atoms with Gasteiger partial charge in [0.1, 0.15) is 8.07 Å². The Labute approximate surface area is 147 Å². The van der Waals surface area contributed by atoms with Gasteiger partial charge in [-0.15, -0.1) is 0 Å². The summed E-state index contributed by atoms with van der Waals surface area (Å²) in [4.78, 5) is 0. The zero-order valence-electron chi connectivity index (χ0n) is 15.0.